The molecule has 176 valence electrons. The summed E-state index contributed by atoms with van der Waals surface area (Å²) >= 11 is 0. The van der Waals surface area contributed by atoms with Crippen molar-refractivity contribution < 1.29 is 33.4 Å². The Kier molecular flexibility index (Phi) is 12.0. The average molecular weight is 447 g/mol. The number of carbonyl (C=O) groups is 4. The van der Waals surface area contributed by atoms with Crippen molar-refractivity contribution in [1.82, 2.24) is 0 Å². The zero-order valence-corrected chi connectivity index (χ0v) is 19.4. The summed E-state index contributed by atoms with van der Waals surface area (Å²) < 4.78 is 15.4. The second-order valence-electron chi connectivity index (χ2n) is 7.58. The first kappa shape index (κ1) is 27.1. The maximum absolute atomic E-state index is 12.5. The van der Waals surface area contributed by atoms with Crippen LogP contribution in [0.5, 0.6) is 0 Å². The Morgan fingerprint density at radius 2 is 1.88 bits per heavy atom. The molecule has 0 aliphatic heterocycles. The van der Waals surface area contributed by atoms with Gasteiger partial charge in [-0.05, 0) is 37.5 Å². The molecule has 0 saturated carbocycles. The molecule has 1 aliphatic carbocycles. The number of ether oxygens (including phenoxy) is 3. The third kappa shape index (κ3) is 9.45. The van der Waals surface area contributed by atoms with Crippen molar-refractivity contribution in [3.05, 3.63) is 48.1 Å². The van der Waals surface area contributed by atoms with Gasteiger partial charge in [-0.25, -0.2) is 0 Å². The van der Waals surface area contributed by atoms with E-state index in [1.165, 1.54) is 27.0 Å². The lowest BCUT2D eigenvalue weighted by atomic mass is 9.91. The van der Waals surface area contributed by atoms with Crippen molar-refractivity contribution in [3.63, 3.8) is 0 Å². The van der Waals surface area contributed by atoms with E-state index in [4.69, 9.17) is 9.47 Å². The lowest BCUT2D eigenvalue weighted by molar-refractivity contribution is -0.149. The summed E-state index contributed by atoms with van der Waals surface area (Å²) in [5.74, 6) is -1.65. The molecule has 0 saturated heterocycles. The summed E-state index contributed by atoms with van der Waals surface area (Å²) in [6.45, 7) is 4.72. The molecule has 1 aliphatic rings. The van der Waals surface area contributed by atoms with Crippen LogP contribution in [-0.4, -0.2) is 42.5 Å². The van der Waals surface area contributed by atoms with Gasteiger partial charge in [0.2, 0.25) is 0 Å². The normalized spacial score (nSPS) is 20.2. The van der Waals surface area contributed by atoms with Gasteiger partial charge in [-0.15, -0.1) is 0 Å². The van der Waals surface area contributed by atoms with Crippen molar-refractivity contribution in [2.45, 2.75) is 77.4 Å². The molecule has 0 bridgehead atoms. The fourth-order valence-corrected chi connectivity index (χ4v) is 3.32. The second kappa shape index (κ2) is 14.2. The van der Waals surface area contributed by atoms with E-state index in [0.717, 1.165) is 25.7 Å². The number of carbonyl (C=O) groups excluding carboxylic acids is 4. The van der Waals surface area contributed by atoms with Gasteiger partial charge >= 0.3 is 17.9 Å². The first-order valence-corrected chi connectivity index (χ1v) is 10.9. The average Bonchev–Trinajstić information content (AvgIpc) is 3.03. The number of esters is 3. The Hall–Kier alpha value is -2.96. The molecule has 1 rings (SSSR count). The minimum absolute atomic E-state index is 0.0794. The van der Waals surface area contributed by atoms with Gasteiger partial charge in [0.15, 0.2) is 11.4 Å². The predicted octanol–water partition coefficient (Wildman–Crippen LogP) is 4.32. The number of methoxy groups -OCH3 is 1. The second-order valence-corrected chi connectivity index (χ2v) is 7.58. The van der Waals surface area contributed by atoms with Crippen LogP contribution >= 0.6 is 0 Å². The molecule has 0 radical (unpaired) electrons. The summed E-state index contributed by atoms with van der Waals surface area (Å²) in [7, 11) is 1.29. The van der Waals surface area contributed by atoms with E-state index in [1.807, 2.05) is 12.2 Å². The lowest BCUT2D eigenvalue weighted by Crippen LogP contribution is -2.33. The molecule has 32 heavy (non-hydrogen) atoms. The smallest absolute Gasteiger partial charge is 0.305 e. The van der Waals surface area contributed by atoms with E-state index in [1.54, 1.807) is 24.3 Å². The van der Waals surface area contributed by atoms with Gasteiger partial charge < -0.3 is 14.2 Å². The van der Waals surface area contributed by atoms with E-state index < -0.39 is 29.6 Å². The molecule has 2 atom stereocenters. The fraction of sp³-hybridized carbons (Fsp3) is 0.520. The molecule has 0 heterocycles. The highest BCUT2D eigenvalue weighted by atomic mass is 16.6. The lowest BCUT2D eigenvalue weighted by Gasteiger charge is -2.27. The van der Waals surface area contributed by atoms with E-state index in [9.17, 15) is 19.2 Å². The van der Waals surface area contributed by atoms with Crippen LogP contribution in [0, 0.1) is 0 Å². The van der Waals surface area contributed by atoms with Crippen LogP contribution in [0.25, 0.3) is 0 Å². The largest absolute Gasteiger partial charge is 0.469 e. The van der Waals surface area contributed by atoms with Gasteiger partial charge in [0.25, 0.3) is 0 Å². The summed E-state index contributed by atoms with van der Waals surface area (Å²) in [5, 5.41) is 0. The van der Waals surface area contributed by atoms with E-state index >= 15 is 0 Å². The summed E-state index contributed by atoms with van der Waals surface area (Å²) in [4.78, 5) is 47.0. The van der Waals surface area contributed by atoms with Gasteiger partial charge in [0.1, 0.15) is 6.10 Å². The summed E-state index contributed by atoms with van der Waals surface area (Å²) in [6, 6.07) is 0. The minimum atomic E-state index is -1.17. The summed E-state index contributed by atoms with van der Waals surface area (Å²) in [5.41, 5.74) is -0.853. The van der Waals surface area contributed by atoms with Gasteiger partial charge in [0, 0.05) is 32.3 Å². The maximum Gasteiger partial charge on any atom is 0.305 e. The molecule has 0 aromatic carbocycles. The Balaban J connectivity index is 3.02. The number of allylic oxidation sites excluding steroid dienone is 4. The van der Waals surface area contributed by atoms with Gasteiger partial charge in [-0.2, -0.15) is 0 Å². The Morgan fingerprint density at radius 1 is 1.12 bits per heavy atom. The van der Waals surface area contributed by atoms with Gasteiger partial charge in [-0.1, -0.05) is 44.1 Å². The van der Waals surface area contributed by atoms with Crippen molar-refractivity contribution in [1.29, 1.82) is 0 Å². The van der Waals surface area contributed by atoms with Crippen molar-refractivity contribution in [2.75, 3.05) is 7.11 Å². The van der Waals surface area contributed by atoms with Crippen LogP contribution in [-0.2, 0) is 33.4 Å². The topological polar surface area (TPSA) is 96.0 Å². The number of hydrogen-bond acceptors (Lipinski definition) is 7. The van der Waals surface area contributed by atoms with E-state index in [0.29, 0.717) is 12.0 Å². The molecule has 0 spiro atoms. The monoisotopic (exact) mass is 446 g/mol. The van der Waals surface area contributed by atoms with Crippen molar-refractivity contribution in [2.24, 2.45) is 0 Å². The van der Waals surface area contributed by atoms with Crippen LogP contribution in [0.3, 0.4) is 0 Å². The van der Waals surface area contributed by atoms with Crippen molar-refractivity contribution >= 4 is 23.7 Å². The highest BCUT2D eigenvalue weighted by Crippen LogP contribution is 2.34. The first-order chi connectivity index (χ1) is 15.2. The van der Waals surface area contributed by atoms with Gasteiger partial charge in [-0.3, -0.25) is 19.2 Å². The zero-order chi connectivity index (χ0) is 24.0. The third-order valence-electron chi connectivity index (χ3n) is 4.88. The number of hydrogen-bond donors (Lipinski definition) is 0. The van der Waals surface area contributed by atoms with E-state index in [2.05, 4.69) is 11.7 Å². The predicted molar refractivity (Wildman–Crippen MR) is 121 cm³/mol. The third-order valence-corrected chi connectivity index (χ3v) is 4.88. The molecule has 0 N–H and O–H groups in total. The molecule has 0 fully saturated rings. The molecule has 0 unspecified atom stereocenters. The highest BCUT2D eigenvalue weighted by molar-refractivity contribution is 6.09. The minimum Gasteiger partial charge on any atom is -0.469 e. The van der Waals surface area contributed by atoms with Crippen LogP contribution in [0.1, 0.15) is 65.7 Å². The van der Waals surface area contributed by atoms with Crippen LogP contribution in [0.4, 0.5) is 0 Å². The Bertz CT molecular complexity index is 788. The number of ketones is 1. The summed E-state index contributed by atoms with van der Waals surface area (Å²) in [6.07, 6.45) is 16.0. The van der Waals surface area contributed by atoms with Gasteiger partial charge in [0.05, 0.1) is 7.11 Å². The molecule has 7 heteroatoms. The zero-order valence-electron chi connectivity index (χ0n) is 19.4. The standard InChI is InChI=1S/C25H34O7/c1-5-6-7-8-9-10-17-25(32-20(3)27)18-16-23(28)22(25)13-11-12-21(31-19(2)26)14-15-24(29)30-4/h9-13,16,18,21H,5-8,14-15,17H2,1-4H3/b10-9-,12-11+,22-13?/t21-,25+/m1/s1. The highest BCUT2D eigenvalue weighted by Gasteiger charge is 2.41. The molecular formula is C25H34O7. The van der Waals surface area contributed by atoms with Crippen LogP contribution in [0.2, 0.25) is 0 Å². The molecule has 0 amide bonds. The molecule has 0 aromatic heterocycles. The maximum atomic E-state index is 12.5. The van der Waals surface area contributed by atoms with Crippen molar-refractivity contribution in [3.8, 4) is 0 Å². The Labute approximate surface area is 190 Å². The molecule has 7 nitrogen and oxygen atoms in total. The quantitative estimate of drug-likeness (QED) is 0.137. The molecule has 0 aromatic rings. The van der Waals surface area contributed by atoms with E-state index in [-0.39, 0.29) is 18.6 Å². The first-order valence-electron chi connectivity index (χ1n) is 10.9. The van der Waals surface area contributed by atoms with Crippen LogP contribution < -0.4 is 0 Å². The van der Waals surface area contributed by atoms with Crippen LogP contribution in [0.15, 0.2) is 48.1 Å². The fourth-order valence-electron chi connectivity index (χ4n) is 3.32. The number of rotatable bonds is 13. The Morgan fingerprint density at radius 3 is 2.50 bits per heavy atom. The number of unbranched alkanes of at least 4 members (excludes halogenated alkanes) is 3. The molecular weight excluding hydrogens is 412 g/mol. The SMILES string of the molecule is CCCCC/C=C\C[C@]1(OC(C)=O)C=CC(=O)C1=C/C=C/[C@H](CCC(=O)OC)OC(C)=O.